The second-order valence-corrected chi connectivity index (χ2v) is 7.52. The van der Waals surface area contributed by atoms with Crippen LogP contribution in [0.15, 0.2) is 58.4 Å². The van der Waals surface area contributed by atoms with Crippen LogP contribution in [0.3, 0.4) is 0 Å². The summed E-state index contributed by atoms with van der Waals surface area (Å²) in [7, 11) is -3.50. The van der Waals surface area contributed by atoms with E-state index in [0.717, 1.165) is 18.4 Å². The van der Waals surface area contributed by atoms with Crippen LogP contribution >= 0.6 is 0 Å². The number of nitrogens with zero attached hydrogens (tertiary/aromatic N) is 2. The first kappa shape index (κ1) is 27.1. The molecule has 0 unspecified atom stereocenters. The quantitative estimate of drug-likeness (QED) is 0.610. The van der Waals surface area contributed by atoms with E-state index in [-0.39, 0.29) is 43.2 Å². The van der Waals surface area contributed by atoms with Crippen molar-refractivity contribution in [3.05, 3.63) is 71.0 Å². The molecular weight excluding hydrogens is 449 g/mol. The first-order valence-electron chi connectivity index (χ1n) is 9.66. The Kier molecular flexibility index (Phi) is 13.6. The Morgan fingerprint density at radius 2 is 1.50 bits per heavy atom. The Morgan fingerprint density at radius 1 is 0.929 bits per heavy atom. The van der Waals surface area contributed by atoms with Crippen LogP contribution in [-0.4, -0.2) is 30.4 Å². The van der Waals surface area contributed by atoms with E-state index < -0.39 is 10.0 Å². The largest absolute Gasteiger partial charge is 0.322 e. The van der Waals surface area contributed by atoms with Gasteiger partial charge in [-0.05, 0) is 18.9 Å². The summed E-state index contributed by atoms with van der Waals surface area (Å²) in [6.45, 7) is 9.45. The number of hydrogen-bond acceptors (Lipinski definition) is 3. The number of pyridine rings is 1. The van der Waals surface area contributed by atoms with E-state index in [1.807, 2.05) is 64.4 Å². The van der Waals surface area contributed by atoms with Crippen LogP contribution in [0, 0.1) is 6.42 Å². The molecule has 0 N–H and O–H groups in total. The van der Waals surface area contributed by atoms with Gasteiger partial charge in [-0.2, -0.15) is 28.4 Å². The van der Waals surface area contributed by atoms with Gasteiger partial charge in [0.25, 0.3) is 0 Å². The molecule has 0 saturated carbocycles. The third kappa shape index (κ3) is 7.47. The zero-order chi connectivity index (χ0) is 20.3. The minimum absolute atomic E-state index is 0. The molecule has 1 fully saturated rings. The molecule has 7 heteroatoms. The topological polar surface area (TPSA) is 59.4 Å². The number of rotatable bonds is 5. The fourth-order valence-electron chi connectivity index (χ4n) is 2.68. The molecule has 0 spiro atoms. The van der Waals surface area contributed by atoms with Crippen LogP contribution in [0.4, 0.5) is 0 Å². The van der Waals surface area contributed by atoms with E-state index >= 15 is 0 Å². The molecule has 2 aromatic rings. The first-order valence-corrected chi connectivity index (χ1v) is 11.1. The average molecular weight is 480 g/mol. The summed E-state index contributed by atoms with van der Waals surface area (Å²) in [6, 6.07) is 12.4. The van der Waals surface area contributed by atoms with Crippen molar-refractivity contribution in [3.63, 3.8) is 0 Å². The van der Waals surface area contributed by atoms with E-state index in [0.29, 0.717) is 19.6 Å². The van der Waals surface area contributed by atoms with E-state index in [1.54, 1.807) is 0 Å². The molecule has 1 saturated heterocycles. The maximum absolute atomic E-state index is 12.6. The van der Waals surface area contributed by atoms with Gasteiger partial charge in [0.15, 0.2) is 0 Å². The van der Waals surface area contributed by atoms with Crippen molar-refractivity contribution >= 4 is 10.0 Å². The van der Waals surface area contributed by atoms with Gasteiger partial charge in [-0.3, -0.25) is 4.79 Å². The van der Waals surface area contributed by atoms with E-state index in [9.17, 15) is 13.2 Å². The number of aromatic nitrogens is 1. The molecule has 5 nitrogen and oxygen atoms in total. The molecule has 1 aliphatic heterocycles. The summed E-state index contributed by atoms with van der Waals surface area (Å²) in [6.07, 6.45) is 5.12. The maximum atomic E-state index is 12.6. The molecule has 1 radical (unpaired) electrons. The predicted octanol–water partition coefficient (Wildman–Crippen LogP) is 3.94. The van der Waals surface area contributed by atoms with Gasteiger partial charge in [0, 0.05) is 64.6 Å². The third-order valence-electron chi connectivity index (χ3n) is 3.98. The van der Waals surface area contributed by atoms with Crippen molar-refractivity contribution < 1.29 is 41.1 Å². The van der Waals surface area contributed by atoms with Crippen molar-refractivity contribution in [1.82, 2.24) is 8.87 Å². The summed E-state index contributed by atoms with van der Waals surface area (Å²) in [5, 5.41) is 0. The van der Waals surface area contributed by atoms with Crippen molar-refractivity contribution in [1.29, 1.82) is 0 Å². The van der Waals surface area contributed by atoms with Gasteiger partial charge < -0.3 is 4.57 Å². The van der Waals surface area contributed by atoms with Gasteiger partial charge in [-0.15, -0.1) is 12.1 Å². The molecule has 0 bridgehead atoms. The first-order chi connectivity index (χ1) is 13.1. The van der Waals surface area contributed by atoms with Gasteiger partial charge >= 0.3 is 0 Å². The van der Waals surface area contributed by atoms with Crippen molar-refractivity contribution in [2.75, 3.05) is 13.1 Å². The normalized spacial score (nSPS) is 13.3. The third-order valence-corrected chi connectivity index (χ3v) is 5.86. The Balaban J connectivity index is 0.00000137. The van der Waals surface area contributed by atoms with Crippen LogP contribution in [0.25, 0.3) is 0 Å². The van der Waals surface area contributed by atoms with Crippen molar-refractivity contribution in [2.45, 2.75) is 52.0 Å². The zero-order valence-electron chi connectivity index (χ0n) is 17.3. The molecule has 0 amide bonds. The Hall–Kier alpha value is -0.946. The monoisotopic (exact) mass is 480 g/mol. The number of hydrogen-bond donors (Lipinski definition) is 0. The van der Waals surface area contributed by atoms with Crippen LogP contribution < -0.4 is 5.56 Å². The molecule has 0 atom stereocenters. The van der Waals surface area contributed by atoms with Gasteiger partial charge in [0.1, 0.15) is 0 Å². The Morgan fingerprint density at radius 3 is 2.07 bits per heavy atom. The summed E-state index contributed by atoms with van der Waals surface area (Å²) < 4.78 is 28.1. The Bertz CT molecular complexity index is 830. The summed E-state index contributed by atoms with van der Waals surface area (Å²) in [5.74, 6) is 0. The molecule has 0 aliphatic carbocycles. The van der Waals surface area contributed by atoms with Gasteiger partial charge in [-0.1, -0.05) is 33.8 Å². The van der Waals surface area contributed by atoms with Crippen LogP contribution in [0.5, 0.6) is 0 Å². The van der Waals surface area contributed by atoms with Gasteiger partial charge in [0.2, 0.25) is 15.6 Å². The molecule has 1 aromatic heterocycles. The van der Waals surface area contributed by atoms with Gasteiger partial charge in [0.05, 0.1) is 4.90 Å². The summed E-state index contributed by atoms with van der Waals surface area (Å²) in [5.41, 5.74) is 0.782. The Labute approximate surface area is 195 Å². The average Bonchev–Trinajstić information content (AvgIpc) is 3.27. The minimum atomic E-state index is -3.50. The fraction of sp³-hybridized carbons (Fsp3) is 0.429. The fourth-order valence-corrected chi connectivity index (χ4v) is 4.21. The van der Waals surface area contributed by atoms with E-state index in [1.165, 1.54) is 27.2 Å². The van der Waals surface area contributed by atoms with Crippen LogP contribution in [0.1, 0.15) is 46.1 Å². The summed E-state index contributed by atoms with van der Waals surface area (Å²) >= 11 is 0. The predicted molar refractivity (Wildman–Crippen MR) is 111 cm³/mol. The maximum Gasteiger partial charge on any atom is 0.249 e. The smallest absolute Gasteiger partial charge is 0.249 e. The molecule has 3 rings (SSSR count). The van der Waals surface area contributed by atoms with Crippen molar-refractivity contribution in [3.8, 4) is 0 Å². The van der Waals surface area contributed by atoms with E-state index in [4.69, 9.17) is 0 Å². The number of benzene rings is 1. The molecule has 1 aromatic carbocycles. The van der Waals surface area contributed by atoms with Crippen molar-refractivity contribution in [2.24, 2.45) is 0 Å². The SMILES string of the molecule is CC.CC.O=c1ccc(S(=O)(=O)N2CCCC2)cn1C[CH-]c1ccccc1.[Y]. The van der Waals surface area contributed by atoms with Crippen LogP contribution in [-0.2, 0) is 49.3 Å². The molecule has 1 aliphatic rings. The molecule has 153 valence electrons. The minimum Gasteiger partial charge on any atom is -0.322 e. The van der Waals surface area contributed by atoms with Crippen LogP contribution in [0.2, 0.25) is 0 Å². The summed E-state index contributed by atoms with van der Waals surface area (Å²) in [4.78, 5) is 12.2. The standard InChI is InChI=1S/C17H19N2O3S.2C2H6.Y/c20-17-9-8-16(23(21,22)19-11-4-5-12-19)14-18(17)13-10-15-6-2-1-3-7-15;2*1-2;/h1-3,6-10,14H,4-5,11-13H2;2*1-2H3;/q-1;;;. The zero-order valence-corrected chi connectivity index (χ0v) is 21.0. The second-order valence-electron chi connectivity index (χ2n) is 5.58. The van der Waals surface area contributed by atoms with E-state index in [2.05, 4.69) is 0 Å². The molecular formula is C21H31N2O3SY-. The second kappa shape index (κ2) is 14.1. The molecule has 2 heterocycles. The van der Waals surface area contributed by atoms with Gasteiger partial charge in [-0.25, -0.2) is 8.42 Å². The molecule has 28 heavy (non-hydrogen) atoms. The number of sulfonamides is 1.